The maximum atomic E-state index is 12.2. The Morgan fingerprint density at radius 3 is 2.86 bits per heavy atom. The zero-order valence-electron chi connectivity index (χ0n) is 12.7. The second-order valence-corrected chi connectivity index (χ2v) is 7.77. The highest BCUT2D eigenvalue weighted by Crippen LogP contribution is 2.23. The van der Waals surface area contributed by atoms with Crippen molar-refractivity contribution in [1.82, 2.24) is 14.5 Å². The highest BCUT2D eigenvalue weighted by atomic mass is 32.2. The van der Waals surface area contributed by atoms with Crippen molar-refractivity contribution in [3.63, 3.8) is 0 Å². The molecule has 1 aliphatic rings. The lowest BCUT2D eigenvalue weighted by Crippen LogP contribution is -2.43. The number of likely N-dealkylation sites (tertiary alicyclic amines) is 1. The maximum Gasteiger partial charge on any atom is 0.237 e. The van der Waals surface area contributed by atoms with E-state index in [-0.39, 0.29) is 23.5 Å². The van der Waals surface area contributed by atoms with Crippen molar-refractivity contribution in [3.05, 3.63) is 18.2 Å². The van der Waals surface area contributed by atoms with Gasteiger partial charge in [0.2, 0.25) is 5.91 Å². The minimum Gasteiger partial charge on any atom is -0.340 e. The van der Waals surface area contributed by atoms with E-state index in [0.717, 1.165) is 25.1 Å². The summed E-state index contributed by atoms with van der Waals surface area (Å²) in [6.45, 7) is 4.84. The van der Waals surface area contributed by atoms with Gasteiger partial charge in [-0.3, -0.25) is 4.79 Å². The first-order chi connectivity index (χ1) is 9.96. The van der Waals surface area contributed by atoms with E-state index in [4.69, 9.17) is 0 Å². The number of carbonyl (C=O) groups is 1. The molecule has 1 aromatic rings. The lowest BCUT2D eigenvalue weighted by molar-refractivity contribution is -0.130. The fraction of sp³-hybridized carbons (Fsp3) is 0.714. The van der Waals surface area contributed by atoms with E-state index < -0.39 is 9.84 Å². The molecule has 1 atom stereocenters. The summed E-state index contributed by atoms with van der Waals surface area (Å²) < 4.78 is 25.3. The lowest BCUT2D eigenvalue weighted by atomic mass is 10.1. The molecular weight excluding hydrogens is 290 g/mol. The van der Waals surface area contributed by atoms with E-state index in [1.54, 1.807) is 18.0 Å². The second-order valence-electron chi connectivity index (χ2n) is 5.42. The summed E-state index contributed by atoms with van der Waals surface area (Å²) in [7, 11) is -3.26. The van der Waals surface area contributed by atoms with Gasteiger partial charge in [-0.05, 0) is 12.8 Å². The number of imidazole rings is 1. The monoisotopic (exact) mass is 313 g/mol. The van der Waals surface area contributed by atoms with Gasteiger partial charge in [0.15, 0.2) is 9.84 Å². The summed E-state index contributed by atoms with van der Waals surface area (Å²) in [6.07, 6.45) is 6.46. The predicted molar refractivity (Wildman–Crippen MR) is 80.8 cm³/mol. The van der Waals surface area contributed by atoms with Gasteiger partial charge in [0.1, 0.15) is 11.6 Å². The third kappa shape index (κ3) is 3.84. The number of sulfone groups is 1. The van der Waals surface area contributed by atoms with Crippen LogP contribution in [-0.4, -0.2) is 53.4 Å². The predicted octanol–water partition coefficient (Wildman–Crippen LogP) is 1.04. The quantitative estimate of drug-likeness (QED) is 0.814. The number of aromatic nitrogens is 2. The van der Waals surface area contributed by atoms with E-state index in [1.165, 1.54) is 0 Å². The molecule has 1 aromatic heterocycles. The van der Waals surface area contributed by atoms with Gasteiger partial charge in [0.25, 0.3) is 0 Å². The van der Waals surface area contributed by atoms with Crippen LogP contribution in [0.2, 0.25) is 0 Å². The fourth-order valence-electron chi connectivity index (χ4n) is 2.74. The molecule has 2 rings (SSSR count). The van der Waals surface area contributed by atoms with Gasteiger partial charge in [-0.25, -0.2) is 13.4 Å². The molecule has 21 heavy (non-hydrogen) atoms. The molecule has 0 N–H and O–H groups in total. The fourth-order valence-corrected chi connectivity index (χ4v) is 3.50. The topological polar surface area (TPSA) is 72.3 Å². The summed E-state index contributed by atoms with van der Waals surface area (Å²) in [5, 5.41) is 0. The van der Waals surface area contributed by atoms with Crippen LogP contribution in [0.4, 0.5) is 0 Å². The molecule has 0 spiro atoms. The van der Waals surface area contributed by atoms with Crippen LogP contribution in [0.3, 0.4) is 0 Å². The van der Waals surface area contributed by atoms with Gasteiger partial charge < -0.3 is 9.47 Å². The number of piperidine rings is 1. The van der Waals surface area contributed by atoms with E-state index in [2.05, 4.69) is 16.5 Å². The van der Waals surface area contributed by atoms with Crippen LogP contribution >= 0.6 is 0 Å². The zero-order chi connectivity index (χ0) is 15.5. The largest absolute Gasteiger partial charge is 0.340 e. The minimum absolute atomic E-state index is 0.0114. The van der Waals surface area contributed by atoms with Gasteiger partial charge in [-0.15, -0.1) is 0 Å². The molecule has 0 aliphatic carbocycles. The van der Waals surface area contributed by atoms with Crippen molar-refractivity contribution < 1.29 is 13.2 Å². The summed E-state index contributed by atoms with van der Waals surface area (Å²) in [6, 6.07) is 0.199. The standard InChI is InChI=1S/C14H23N3O3S/c1-3-13-15-7-9-17(13)12-6-5-8-16(10-12)14(18)11-21(19,20)4-2/h7,9,12H,3-6,8,10-11H2,1-2H3/t12-/m0/s1. The molecule has 7 heteroatoms. The first-order valence-electron chi connectivity index (χ1n) is 7.46. The molecule has 6 nitrogen and oxygen atoms in total. The average molecular weight is 313 g/mol. The molecule has 1 aliphatic heterocycles. The summed E-state index contributed by atoms with van der Waals surface area (Å²) >= 11 is 0. The van der Waals surface area contributed by atoms with Gasteiger partial charge in [0.05, 0.1) is 6.04 Å². The van der Waals surface area contributed by atoms with E-state index in [1.807, 2.05) is 6.20 Å². The van der Waals surface area contributed by atoms with Gasteiger partial charge in [0, 0.05) is 37.7 Å². The molecular formula is C14H23N3O3S. The number of aryl methyl sites for hydroxylation is 1. The third-order valence-corrected chi connectivity index (χ3v) is 5.56. The smallest absolute Gasteiger partial charge is 0.237 e. The molecule has 0 unspecified atom stereocenters. The number of carbonyl (C=O) groups excluding carboxylic acids is 1. The first-order valence-corrected chi connectivity index (χ1v) is 9.29. The third-order valence-electron chi connectivity index (χ3n) is 3.99. The number of hydrogen-bond donors (Lipinski definition) is 0. The van der Waals surface area contributed by atoms with Gasteiger partial charge in [-0.1, -0.05) is 13.8 Å². The van der Waals surface area contributed by atoms with Crippen molar-refractivity contribution in [3.8, 4) is 0 Å². The van der Waals surface area contributed by atoms with Crippen molar-refractivity contribution in [2.75, 3.05) is 24.6 Å². The molecule has 0 saturated carbocycles. The van der Waals surface area contributed by atoms with Crippen LogP contribution in [0.25, 0.3) is 0 Å². The Balaban J connectivity index is 2.06. The van der Waals surface area contributed by atoms with Crippen LogP contribution in [0.5, 0.6) is 0 Å². The minimum atomic E-state index is -3.26. The van der Waals surface area contributed by atoms with Crippen LogP contribution < -0.4 is 0 Å². The van der Waals surface area contributed by atoms with Gasteiger partial charge in [-0.2, -0.15) is 0 Å². The molecule has 1 fully saturated rings. The maximum absolute atomic E-state index is 12.2. The van der Waals surface area contributed by atoms with Crippen LogP contribution in [0, 0.1) is 0 Å². The number of nitrogens with zero attached hydrogens (tertiary/aromatic N) is 3. The zero-order valence-corrected chi connectivity index (χ0v) is 13.5. The molecule has 2 heterocycles. The Kier molecular flexibility index (Phi) is 5.03. The first kappa shape index (κ1) is 16.0. The molecule has 0 bridgehead atoms. The Morgan fingerprint density at radius 1 is 1.43 bits per heavy atom. The average Bonchev–Trinajstić information content (AvgIpc) is 2.95. The summed E-state index contributed by atoms with van der Waals surface area (Å²) in [4.78, 5) is 18.2. The van der Waals surface area contributed by atoms with E-state index >= 15 is 0 Å². The Bertz CT molecular complexity index is 594. The number of rotatable bonds is 5. The SMILES string of the molecule is CCc1nccn1[C@H]1CCCN(C(=O)CS(=O)(=O)CC)C1. The highest BCUT2D eigenvalue weighted by Gasteiger charge is 2.27. The van der Waals surface area contributed by atoms with Crippen molar-refractivity contribution in [2.24, 2.45) is 0 Å². The Labute approximate surface area is 126 Å². The molecule has 1 amide bonds. The number of amides is 1. The van der Waals surface area contributed by atoms with E-state index in [0.29, 0.717) is 13.1 Å². The lowest BCUT2D eigenvalue weighted by Gasteiger charge is -2.34. The Morgan fingerprint density at radius 2 is 2.19 bits per heavy atom. The Hall–Kier alpha value is -1.37. The molecule has 1 saturated heterocycles. The van der Waals surface area contributed by atoms with Crippen LogP contribution in [0.15, 0.2) is 12.4 Å². The summed E-state index contributed by atoms with van der Waals surface area (Å²) in [5.74, 6) is 0.369. The normalized spacial score (nSPS) is 19.7. The van der Waals surface area contributed by atoms with Crippen LogP contribution in [0.1, 0.15) is 38.6 Å². The van der Waals surface area contributed by atoms with Crippen molar-refractivity contribution in [1.29, 1.82) is 0 Å². The van der Waals surface area contributed by atoms with Gasteiger partial charge >= 0.3 is 0 Å². The van der Waals surface area contributed by atoms with Crippen molar-refractivity contribution in [2.45, 2.75) is 39.2 Å². The number of hydrogen-bond acceptors (Lipinski definition) is 4. The van der Waals surface area contributed by atoms with E-state index in [9.17, 15) is 13.2 Å². The second kappa shape index (κ2) is 6.60. The molecule has 0 radical (unpaired) electrons. The molecule has 118 valence electrons. The summed E-state index contributed by atoms with van der Waals surface area (Å²) in [5.41, 5.74) is 0. The van der Waals surface area contributed by atoms with Crippen molar-refractivity contribution >= 4 is 15.7 Å². The van der Waals surface area contributed by atoms with Crippen LogP contribution in [-0.2, 0) is 21.1 Å². The highest BCUT2D eigenvalue weighted by molar-refractivity contribution is 7.92. The molecule has 0 aromatic carbocycles.